The number of nitrogens with zero attached hydrogens (tertiary/aromatic N) is 4. The minimum atomic E-state index is -0.0123. The third kappa shape index (κ3) is 4.81. The molecule has 0 spiro atoms. The number of carbonyl (C=O) groups excluding carboxylic acids is 1. The van der Waals surface area contributed by atoms with Gasteiger partial charge >= 0.3 is 0 Å². The number of imidazole rings is 1. The van der Waals surface area contributed by atoms with Gasteiger partial charge in [-0.3, -0.25) is 9.69 Å². The Hall–Kier alpha value is -2.70. The molecule has 1 unspecified atom stereocenters. The van der Waals surface area contributed by atoms with Gasteiger partial charge in [0.2, 0.25) is 0 Å². The van der Waals surface area contributed by atoms with Crippen molar-refractivity contribution in [3.8, 4) is 0 Å². The van der Waals surface area contributed by atoms with Gasteiger partial charge in [0.25, 0.3) is 5.91 Å². The van der Waals surface area contributed by atoms with Crippen LogP contribution in [-0.4, -0.2) is 65.5 Å². The number of rotatable bonds is 8. The SMILES string of the molecule is COCC1CCN(Cc2c(C(=O)N(C)CCc3ccccc3)nc3c(C)cccn23)C1. The molecule has 0 saturated carbocycles. The van der Waals surface area contributed by atoms with Crippen LogP contribution in [-0.2, 0) is 17.7 Å². The smallest absolute Gasteiger partial charge is 0.274 e. The van der Waals surface area contributed by atoms with E-state index in [2.05, 4.69) is 21.4 Å². The zero-order valence-corrected chi connectivity index (χ0v) is 18.8. The maximum atomic E-state index is 13.4. The fourth-order valence-corrected chi connectivity index (χ4v) is 4.44. The Morgan fingerprint density at radius 3 is 2.81 bits per heavy atom. The summed E-state index contributed by atoms with van der Waals surface area (Å²) in [7, 11) is 3.63. The lowest BCUT2D eigenvalue weighted by Gasteiger charge is -2.19. The Bertz CT molecular complexity index is 1030. The summed E-state index contributed by atoms with van der Waals surface area (Å²) in [6.45, 7) is 6.23. The first-order valence-corrected chi connectivity index (χ1v) is 11.0. The molecule has 6 nitrogen and oxygen atoms in total. The zero-order valence-electron chi connectivity index (χ0n) is 18.8. The highest BCUT2D eigenvalue weighted by Crippen LogP contribution is 2.23. The molecule has 0 N–H and O–H groups in total. The number of likely N-dealkylation sites (tertiary alicyclic amines) is 1. The lowest BCUT2D eigenvalue weighted by Crippen LogP contribution is -2.31. The zero-order chi connectivity index (χ0) is 21.8. The Labute approximate surface area is 184 Å². The number of amides is 1. The quantitative estimate of drug-likeness (QED) is 0.560. The predicted molar refractivity (Wildman–Crippen MR) is 122 cm³/mol. The van der Waals surface area contributed by atoms with Crippen molar-refractivity contribution in [2.24, 2.45) is 5.92 Å². The van der Waals surface area contributed by atoms with Crippen LogP contribution >= 0.6 is 0 Å². The summed E-state index contributed by atoms with van der Waals surface area (Å²) in [5.74, 6) is 0.542. The highest BCUT2D eigenvalue weighted by molar-refractivity contribution is 5.94. The standard InChI is InChI=1S/C25H32N4O2/c1-19-8-7-13-29-22(17-28-15-12-21(16-28)18-31-3)23(26-24(19)29)25(30)27(2)14-11-20-9-5-4-6-10-20/h4-10,13,21H,11-12,14-18H2,1-3H3. The molecule has 1 fully saturated rings. The van der Waals surface area contributed by atoms with Gasteiger partial charge in [0.05, 0.1) is 12.3 Å². The highest BCUT2D eigenvalue weighted by Gasteiger charge is 2.27. The second-order valence-corrected chi connectivity index (χ2v) is 8.60. The molecule has 3 aromatic rings. The normalized spacial score (nSPS) is 16.8. The highest BCUT2D eigenvalue weighted by atomic mass is 16.5. The van der Waals surface area contributed by atoms with E-state index in [-0.39, 0.29) is 5.91 Å². The van der Waals surface area contributed by atoms with E-state index in [4.69, 9.17) is 9.72 Å². The predicted octanol–water partition coefficient (Wildman–Crippen LogP) is 3.43. The number of aromatic nitrogens is 2. The molecule has 2 aromatic heterocycles. The van der Waals surface area contributed by atoms with Crippen LogP contribution in [0.3, 0.4) is 0 Å². The number of ether oxygens (including phenoxy) is 1. The molecule has 1 amide bonds. The van der Waals surface area contributed by atoms with E-state index < -0.39 is 0 Å². The molecule has 6 heteroatoms. The third-order valence-corrected chi connectivity index (χ3v) is 6.22. The molecule has 1 aromatic carbocycles. The second-order valence-electron chi connectivity index (χ2n) is 8.60. The molecule has 0 aliphatic carbocycles. The summed E-state index contributed by atoms with van der Waals surface area (Å²) < 4.78 is 7.44. The third-order valence-electron chi connectivity index (χ3n) is 6.22. The number of benzene rings is 1. The number of aryl methyl sites for hydroxylation is 1. The lowest BCUT2D eigenvalue weighted by atomic mass is 10.1. The molecular formula is C25H32N4O2. The Balaban J connectivity index is 1.56. The molecule has 0 bridgehead atoms. The Kier molecular flexibility index (Phi) is 6.68. The average molecular weight is 421 g/mol. The van der Waals surface area contributed by atoms with Gasteiger partial charge in [0, 0.05) is 40.0 Å². The minimum Gasteiger partial charge on any atom is -0.384 e. The summed E-state index contributed by atoms with van der Waals surface area (Å²) >= 11 is 0. The molecule has 1 atom stereocenters. The summed E-state index contributed by atoms with van der Waals surface area (Å²) in [4.78, 5) is 22.4. The van der Waals surface area contributed by atoms with Crippen LogP contribution in [0, 0.1) is 12.8 Å². The fourth-order valence-electron chi connectivity index (χ4n) is 4.44. The van der Waals surface area contributed by atoms with E-state index in [1.165, 1.54) is 5.56 Å². The number of carbonyl (C=O) groups is 1. The van der Waals surface area contributed by atoms with Gasteiger partial charge < -0.3 is 14.0 Å². The van der Waals surface area contributed by atoms with Crippen molar-refractivity contribution in [3.05, 3.63) is 71.2 Å². The van der Waals surface area contributed by atoms with Crippen LogP contribution in [0.4, 0.5) is 0 Å². The van der Waals surface area contributed by atoms with E-state index >= 15 is 0 Å². The van der Waals surface area contributed by atoms with Crippen molar-refractivity contribution >= 4 is 11.6 Å². The molecule has 31 heavy (non-hydrogen) atoms. The number of hydrogen-bond acceptors (Lipinski definition) is 4. The van der Waals surface area contributed by atoms with E-state index in [0.29, 0.717) is 18.2 Å². The monoisotopic (exact) mass is 420 g/mol. The van der Waals surface area contributed by atoms with Gasteiger partial charge in [-0.1, -0.05) is 36.4 Å². The van der Waals surface area contributed by atoms with Crippen LogP contribution in [0.25, 0.3) is 5.65 Å². The van der Waals surface area contributed by atoms with E-state index in [9.17, 15) is 4.79 Å². The van der Waals surface area contributed by atoms with Gasteiger partial charge in [-0.05, 0) is 49.4 Å². The first kappa shape index (κ1) is 21.5. The van der Waals surface area contributed by atoms with Gasteiger partial charge in [-0.2, -0.15) is 0 Å². The van der Waals surface area contributed by atoms with Crippen LogP contribution in [0.2, 0.25) is 0 Å². The van der Waals surface area contributed by atoms with Crippen LogP contribution in [0.5, 0.6) is 0 Å². The van der Waals surface area contributed by atoms with Crippen LogP contribution in [0.1, 0.15) is 33.7 Å². The molecular weight excluding hydrogens is 388 g/mol. The molecule has 3 heterocycles. The van der Waals surface area contributed by atoms with Gasteiger partial charge in [-0.15, -0.1) is 0 Å². The number of hydrogen-bond donors (Lipinski definition) is 0. The summed E-state index contributed by atoms with van der Waals surface area (Å²) in [5.41, 5.74) is 4.72. The largest absolute Gasteiger partial charge is 0.384 e. The maximum Gasteiger partial charge on any atom is 0.274 e. The molecule has 1 aliphatic heterocycles. The Morgan fingerprint density at radius 1 is 1.23 bits per heavy atom. The molecule has 4 rings (SSSR count). The minimum absolute atomic E-state index is 0.0123. The van der Waals surface area contributed by atoms with Crippen LogP contribution in [0.15, 0.2) is 48.7 Å². The van der Waals surface area contributed by atoms with E-state index in [1.54, 1.807) is 12.0 Å². The number of methoxy groups -OCH3 is 1. The fraction of sp³-hybridized carbons (Fsp3) is 0.440. The lowest BCUT2D eigenvalue weighted by molar-refractivity contribution is 0.0789. The molecule has 164 valence electrons. The van der Waals surface area contributed by atoms with Crippen molar-refractivity contribution in [1.29, 1.82) is 0 Å². The van der Waals surface area contributed by atoms with Crippen LogP contribution < -0.4 is 0 Å². The van der Waals surface area contributed by atoms with E-state index in [0.717, 1.165) is 56.0 Å². The second kappa shape index (κ2) is 9.62. The van der Waals surface area contributed by atoms with Crippen molar-refractivity contribution in [1.82, 2.24) is 19.2 Å². The van der Waals surface area contributed by atoms with Crippen molar-refractivity contribution < 1.29 is 9.53 Å². The van der Waals surface area contributed by atoms with Crippen molar-refractivity contribution in [2.75, 3.05) is 40.4 Å². The van der Waals surface area contributed by atoms with Crippen molar-refractivity contribution in [3.63, 3.8) is 0 Å². The number of likely N-dealkylation sites (N-methyl/N-ethyl adjacent to an activating group) is 1. The summed E-state index contributed by atoms with van der Waals surface area (Å²) in [6, 6.07) is 14.4. The first-order chi connectivity index (χ1) is 15.1. The summed E-state index contributed by atoms with van der Waals surface area (Å²) in [5, 5.41) is 0. The maximum absolute atomic E-state index is 13.4. The summed E-state index contributed by atoms with van der Waals surface area (Å²) in [6.07, 6.45) is 3.98. The molecule has 1 saturated heterocycles. The number of pyridine rings is 1. The van der Waals surface area contributed by atoms with Gasteiger partial charge in [0.1, 0.15) is 5.65 Å². The van der Waals surface area contributed by atoms with Gasteiger partial charge in [0.15, 0.2) is 5.69 Å². The number of fused-ring (bicyclic) bond motifs is 1. The van der Waals surface area contributed by atoms with Gasteiger partial charge in [-0.25, -0.2) is 4.98 Å². The van der Waals surface area contributed by atoms with Crippen molar-refractivity contribution in [2.45, 2.75) is 26.3 Å². The Morgan fingerprint density at radius 2 is 2.03 bits per heavy atom. The topological polar surface area (TPSA) is 50.1 Å². The first-order valence-electron chi connectivity index (χ1n) is 11.0. The molecule has 0 radical (unpaired) electrons. The molecule has 1 aliphatic rings. The van der Waals surface area contributed by atoms with E-state index in [1.807, 2.05) is 50.5 Å². The average Bonchev–Trinajstić information content (AvgIpc) is 3.38.